The van der Waals surface area contributed by atoms with E-state index >= 15 is 0 Å². The van der Waals surface area contributed by atoms with E-state index in [2.05, 4.69) is 21.1 Å². The van der Waals surface area contributed by atoms with Crippen molar-refractivity contribution in [2.75, 3.05) is 5.33 Å². The molecular weight excluding hydrogens is 246 g/mol. The Labute approximate surface area is 89.2 Å². The number of ketones is 1. The first-order chi connectivity index (χ1) is 6.72. The molecule has 1 heterocycles. The number of halogens is 1. The number of hydrogen-bond donors (Lipinski definition) is 0. The number of carbonyl (C=O) groups excluding carboxylic acids is 1. The summed E-state index contributed by atoms with van der Waals surface area (Å²) in [6.45, 7) is 1.86. The van der Waals surface area contributed by atoms with Gasteiger partial charge in [-0.05, 0) is 25.1 Å². The van der Waals surface area contributed by atoms with Crippen LogP contribution < -0.4 is 0 Å². The van der Waals surface area contributed by atoms with Gasteiger partial charge in [-0.1, -0.05) is 21.1 Å². The zero-order chi connectivity index (χ0) is 10.1. The maximum absolute atomic E-state index is 11.4. The van der Waals surface area contributed by atoms with Gasteiger partial charge in [0.15, 0.2) is 11.4 Å². The van der Waals surface area contributed by atoms with E-state index in [1.807, 2.05) is 13.0 Å². The summed E-state index contributed by atoms with van der Waals surface area (Å²) in [5, 5.41) is 5.06. The molecule has 0 saturated heterocycles. The summed E-state index contributed by atoms with van der Waals surface area (Å²) >= 11 is 3.14. The Morgan fingerprint density at radius 3 is 3.07 bits per heavy atom. The fourth-order valence-corrected chi connectivity index (χ4v) is 1.63. The van der Waals surface area contributed by atoms with Gasteiger partial charge in [-0.25, -0.2) is 0 Å². The molecule has 0 spiro atoms. The second kappa shape index (κ2) is 3.53. The van der Waals surface area contributed by atoms with Crippen LogP contribution in [0.5, 0.6) is 0 Å². The zero-order valence-corrected chi connectivity index (χ0v) is 9.17. The lowest BCUT2D eigenvalue weighted by Gasteiger charge is -1.95. The van der Waals surface area contributed by atoms with E-state index in [0.29, 0.717) is 16.5 Å². The number of carbonyl (C=O) groups is 1. The summed E-state index contributed by atoms with van der Waals surface area (Å²) in [6, 6.07) is 5.33. The van der Waals surface area contributed by atoms with Crippen LogP contribution in [-0.4, -0.2) is 16.3 Å². The van der Waals surface area contributed by atoms with Gasteiger partial charge in [0.25, 0.3) is 0 Å². The van der Waals surface area contributed by atoms with E-state index in [-0.39, 0.29) is 5.78 Å². The van der Waals surface area contributed by atoms with Gasteiger partial charge in [0.2, 0.25) is 0 Å². The lowest BCUT2D eigenvalue weighted by atomic mass is 10.1. The smallest absolute Gasteiger partial charge is 0.173 e. The second-order valence-corrected chi connectivity index (χ2v) is 3.60. The van der Waals surface area contributed by atoms with Gasteiger partial charge in [-0.3, -0.25) is 4.79 Å². The first-order valence-corrected chi connectivity index (χ1v) is 5.29. The molecule has 4 heteroatoms. The van der Waals surface area contributed by atoms with E-state index in [0.717, 1.165) is 11.1 Å². The maximum Gasteiger partial charge on any atom is 0.173 e. The van der Waals surface area contributed by atoms with E-state index in [9.17, 15) is 4.79 Å². The zero-order valence-electron chi connectivity index (χ0n) is 7.58. The van der Waals surface area contributed by atoms with Crippen molar-refractivity contribution < 1.29 is 9.32 Å². The fraction of sp³-hybridized carbons (Fsp3) is 0.200. The highest BCUT2D eigenvalue weighted by Gasteiger charge is 2.08. The third kappa shape index (κ3) is 1.46. The first-order valence-electron chi connectivity index (χ1n) is 4.17. The Morgan fingerprint density at radius 1 is 1.57 bits per heavy atom. The van der Waals surface area contributed by atoms with Crippen LogP contribution in [0.15, 0.2) is 22.7 Å². The molecule has 0 radical (unpaired) electrons. The Bertz CT molecular complexity index is 490. The lowest BCUT2D eigenvalue weighted by Crippen LogP contribution is -1.98. The number of alkyl halides is 1. The van der Waals surface area contributed by atoms with Crippen LogP contribution in [-0.2, 0) is 0 Å². The summed E-state index contributed by atoms with van der Waals surface area (Å²) in [7, 11) is 0. The number of hydrogen-bond acceptors (Lipinski definition) is 3. The normalized spacial score (nSPS) is 10.7. The number of aromatic nitrogens is 1. The topological polar surface area (TPSA) is 43.1 Å². The van der Waals surface area contributed by atoms with Gasteiger partial charge in [0.05, 0.1) is 11.0 Å². The minimum atomic E-state index is 0.0625. The van der Waals surface area contributed by atoms with Crippen molar-refractivity contribution in [1.82, 2.24) is 5.16 Å². The van der Waals surface area contributed by atoms with Crippen LogP contribution in [0.3, 0.4) is 0 Å². The summed E-state index contributed by atoms with van der Waals surface area (Å²) in [4.78, 5) is 11.4. The van der Waals surface area contributed by atoms with E-state index in [1.54, 1.807) is 12.1 Å². The van der Waals surface area contributed by atoms with Gasteiger partial charge >= 0.3 is 0 Å². The molecule has 0 N–H and O–H groups in total. The SMILES string of the molecule is Cc1noc2ccc(C(=O)CBr)cc12. The van der Waals surface area contributed by atoms with E-state index in [4.69, 9.17) is 4.52 Å². The molecule has 2 rings (SSSR count). The molecule has 72 valence electrons. The van der Waals surface area contributed by atoms with Crippen LogP contribution in [0.2, 0.25) is 0 Å². The van der Waals surface area contributed by atoms with Crippen molar-refractivity contribution in [3.8, 4) is 0 Å². The standard InChI is InChI=1S/C10H8BrNO2/c1-6-8-4-7(9(13)5-11)2-3-10(8)14-12-6/h2-4H,5H2,1H3. The Balaban J connectivity index is 2.60. The maximum atomic E-state index is 11.4. The molecule has 3 nitrogen and oxygen atoms in total. The molecule has 0 unspecified atom stereocenters. The summed E-state index contributed by atoms with van der Waals surface area (Å²) in [6.07, 6.45) is 0. The third-order valence-corrected chi connectivity index (χ3v) is 2.60. The Hall–Kier alpha value is -1.16. The summed E-state index contributed by atoms with van der Waals surface area (Å²) in [5.41, 5.74) is 2.21. The molecule has 1 aromatic carbocycles. The van der Waals surface area contributed by atoms with E-state index < -0.39 is 0 Å². The highest BCUT2D eigenvalue weighted by molar-refractivity contribution is 9.09. The highest BCUT2D eigenvalue weighted by atomic mass is 79.9. The van der Waals surface area contributed by atoms with Crippen LogP contribution in [0.4, 0.5) is 0 Å². The van der Waals surface area contributed by atoms with Gasteiger partial charge in [-0.2, -0.15) is 0 Å². The number of fused-ring (bicyclic) bond motifs is 1. The molecule has 0 amide bonds. The van der Waals surface area contributed by atoms with Crippen molar-refractivity contribution in [2.24, 2.45) is 0 Å². The van der Waals surface area contributed by atoms with Gasteiger partial charge < -0.3 is 4.52 Å². The Morgan fingerprint density at radius 2 is 2.36 bits per heavy atom. The van der Waals surface area contributed by atoms with Crippen molar-refractivity contribution >= 4 is 32.7 Å². The minimum Gasteiger partial charge on any atom is -0.356 e. The minimum absolute atomic E-state index is 0.0625. The number of benzene rings is 1. The van der Waals surface area contributed by atoms with Crippen LogP contribution in [0, 0.1) is 6.92 Å². The van der Waals surface area contributed by atoms with Crippen molar-refractivity contribution in [3.63, 3.8) is 0 Å². The molecule has 0 saturated carbocycles. The lowest BCUT2D eigenvalue weighted by molar-refractivity contribution is 0.102. The predicted octanol–water partition coefficient (Wildman–Crippen LogP) is 2.71. The monoisotopic (exact) mass is 253 g/mol. The fourth-order valence-electron chi connectivity index (χ4n) is 1.31. The first kappa shape index (κ1) is 9.40. The molecule has 14 heavy (non-hydrogen) atoms. The quantitative estimate of drug-likeness (QED) is 0.611. The molecule has 0 aliphatic carbocycles. The van der Waals surface area contributed by atoms with Crippen molar-refractivity contribution in [3.05, 3.63) is 29.5 Å². The Kier molecular flexibility index (Phi) is 2.37. The van der Waals surface area contributed by atoms with Gasteiger partial charge in [-0.15, -0.1) is 0 Å². The second-order valence-electron chi connectivity index (χ2n) is 3.04. The predicted molar refractivity (Wildman–Crippen MR) is 56.9 cm³/mol. The molecule has 0 atom stereocenters. The van der Waals surface area contributed by atoms with Crippen LogP contribution >= 0.6 is 15.9 Å². The number of rotatable bonds is 2. The van der Waals surface area contributed by atoms with Crippen LogP contribution in [0.25, 0.3) is 11.0 Å². The number of Topliss-reactive ketones (excluding diaryl/α,β-unsaturated/α-hetero) is 1. The summed E-state index contributed by atoms with van der Waals surface area (Å²) in [5.74, 6) is 0.0625. The number of nitrogens with zero attached hydrogens (tertiary/aromatic N) is 1. The van der Waals surface area contributed by atoms with E-state index in [1.165, 1.54) is 0 Å². The molecule has 0 bridgehead atoms. The molecular formula is C10H8BrNO2. The van der Waals surface area contributed by atoms with Crippen molar-refractivity contribution in [1.29, 1.82) is 0 Å². The van der Waals surface area contributed by atoms with Gasteiger partial charge in [0.1, 0.15) is 0 Å². The number of aryl methyl sites for hydroxylation is 1. The molecule has 0 aliphatic rings. The molecule has 0 aliphatic heterocycles. The largest absolute Gasteiger partial charge is 0.356 e. The van der Waals surface area contributed by atoms with Crippen molar-refractivity contribution in [2.45, 2.75) is 6.92 Å². The molecule has 1 aromatic heterocycles. The average molecular weight is 254 g/mol. The summed E-state index contributed by atoms with van der Waals surface area (Å²) < 4.78 is 5.04. The molecule has 2 aromatic rings. The average Bonchev–Trinajstić information content (AvgIpc) is 2.59. The highest BCUT2D eigenvalue weighted by Crippen LogP contribution is 2.19. The third-order valence-electron chi connectivity index (χ3n) is 2.09. The van der Waals surface area contributed by atoms with Crippen LogP contribution in [0.1, 0.15) is 16.1 Å². The van der Waals surface area contributed by atoms with Gasteiger partial charge in [0, 0.05) is 10.9 Å². The molecule has 0 fully saturated rings.